The number of nitrogens with one attached hydrogen (secondary N) is 2. The van der Waals surface area contributed by atoms with Gasteiger partial charge in [0.25, 0.3) is 5.91 Å². The maximum absolute atomic E-state index is 11.9. The van der Waals surface area contributed by atoms with Crippen molar-refractivity contribution in [3.63, 3.8) is 0 Å². The van der Waals surface area contributed by atoms with Crippen molar-refractivity contribution in [1.29, 1.82) is 0 Å². The Morgan fingerprint density at radius 3 is 2.50 bits per heavy atom. The largest absolute Gasteiger partial charge is 0.481 e. The fourth-order valence-corrected chi connectivity index (χ4v) is 2.97. The number of carbonyl (C=O) groups is 3. The zero-order valence-electron chi connectivity index (χ0n) is 14.5. The van der Waals surface area contributed by atoms with Gasteiger partial charge in [-0.3, -0.25) is 14.4 Å². The average molecular weight is 374 g/mol. The first-order chi connectivity index (χ1) is 12.5. The molecule has 6 nitrogen and oxygen atoms in total. The first-order valence-electron chi connectivity index (χ1n) is 8.37. The molecule has 0 aliphatic heterocycles. The number of thiophene rings is 1. The second-order valence-corrected chi connectivity index (χ2v) is 6.84. The molecule has 0 fully saturated rings. The molecule has 26 heavy (non-hydrogen) atoms. The Morgan fingerprint density at radius 1 is 1.15 bits per heavy atom. The molecule has 2 rings (SSSR count). The van der Waals surface area contributed by atoms with E-state index in [0.717, 1.165) is 5.56 Å². The molecule has 0 saturated heterocycles. The van der Waals surface area contributed by atoms with Crippen LogP contribution in [0.1, 0.15) is 35.7 Å². The van der Waals surface area contributed by atoms with Crippen LogP contribution in [0.25, 0.3) is 0 Å². The molecule has 1 aromatic carbocycles. The predicted octanol–water partition coefficient (Wildman–Crippen LogP) is 3.16. The van der Waals surface area contributed by atoms with Gasteiger partial charge in [0.1, 0.15) is 0 Å². The highest BCUT2D eigenvalue weighted by Gasteiger charge is 2.11. The van der Waals surface area contributed by atoms with E-state index in [4.69, 9.17) is 5.11 Å². The summed E-state index contributed by atoms with van der Waals surface area (Å²) in [5, 5.41) is 18.1. The minimum Gasteiger partial charge on any atom is -0.481 e. The number of benzene rings is 1. The molecule has 1 atom stereocenters. The minimum absolute atomic E-state index is 0.124. The van der Waals surface area contributed by atoms with Crippen LogP contribution in [-0.2, 0) is 16.0 Å². The molecule has 3 N–H and O–H groups in total. The van der Waals surface area contributed by atoms with Crippen LogP contribution in [-0.4, -0.2) is 29.4 Å². The second-order valence-electron chi connectivity index (χ2n) is 6.06. The molecular formula is C19H22N2O4S. The highest BCUT2D eigenvalue weighted by molar-refractivity contribution is 7.08. The Kier molecular flexibility index (Phi) is 7.35. The summed E-state index contributed by atoms with van der Waals surface area (Å²) in [6.07, 6.45) is 1.31. The van der Waals surface area contributed by atoms with Crippen molar-refractivity contribution >= 4 is 34.8 Å². The van der Waals surface area contributed by atoms with Gasteiger partial charge in [-0.15, -0.1) is 0 Å². The molecule has 1 heterocycles. The van der Waals surface area contributed by atoms with E-state index in [9.17, 15) is 14.4 Å². The van der Waals surface area contributed by atoms with Crippen LogP contribution in [0, 0.1) is 5.92 Å². The number of anilines is 1. The normalized spacial score (nSPS) is 11.6. The standard InChI is InChI=1S/C19H22N2O4S/c1-13(19(24)25)11-14-4-6-16(7-5-14)21-17(22)3-2-9-20-18(23)15-8-10-26-12-15/h4-8,10,12-13H,2-3,9,11H2,1H3,(H,20,23)(H,21,22)(H,24,25). The van der Waals surface area contributed by atoms with E-state index in [2.05, 4.69) is 10.6 Å². The second kappa shape index (κ2) is 9.72. The molecule has 0 bridgehead atoms. The van der Waals surface area contributed by atoms with Gasteiger partial charge >= 0.3 is 5.97 Å². The van der Waals surface area contributed by atoms with Gasteiger partial charge in [0.15, 0.2) is 0 Å². The Labute approximate surface area is 156 Å². The maximum atomic E-state index is 11.9. The summed E-state index contributed by atoms with van der Waals surface area (Å²) in [6.45, 7) is 2.10. The van der Waals surface area contributed by atoms with E-state index in [1.807, 2.05) is 17.5 Å². The topological polar surface area (TPSA) is 95.5 Å². The molecule has 0 aliphatic rings. The first kappa shape index (κ1) is 19.7. The number of amides is 2. The molecular weight excluding hydrogens is 352 g/mol. The molecule has 1 unspecified atom stereocenters. The van der Waals surface area contributed by atoms with Gasteiger partial charge in [0.05, 0.1) is 5.92 Å². The summed E-state index contributed by atoms with van der Waals surface area (Å²) >= 11 is 1.46. The van der Waals surface area contributed by atoms with Crippen LogP contribution in [0.2, 0.25) is 0 Å². The maximum Gasteiger partial charge on any atom is 0.306 e. The van der Waals surface area contributed by atoms with Gasteiger partial charge in [0.2, 0.25) is 5.91 Å². The third kappa shape index (κ3) is 6.33. The highest BCUT2D eigenvalue weighted by Crippen LogP contribution is 2.14. The van der Waals surface area contributed by atoms with Crippen molar-refractivity contribution in [2.75, 3.05) is 11.9 Å². The molecule has 0 aliphatic carbocycles. The molecule has 138 valence electrons. The van der Waals surface area contributed by atoms with E-state index in [1.54, 1.807) is 30.5 Å². The van der Waals surface area contributed by atoms with Crippen LogP contribution in [0.4, 0.5) is 5.69 Å². The van der Waals surface area contributed by atoms with Crippen molar-refractivity contribution in [2.24, 2.45) is 5.92 Å². The van der Waals surface area contributed by atoms with E-state index in [1.165, 1.54) is 11.3 Å². The molecule has 2 aromatic rings. The van der Waals surface area contributed by atoms with E-state index in [-0.39, 0.29) is 11.8 Å². The first-order valence-corrected chi connectivity index (χ1v) is 9.32. The molecule has 0 saturated carbocycles. The average Bonchev–Trinajstić information content (AvgIpc) is 3.15. The summed E-state index contributed by atoms with van der Waals surface area (Å²) in [7, 11) is 0. The van der Waals surface area contributed by atoms with Crippen LogP contribution in [0.3, 0.4) is 0 Å². The third-order valence-electron chi connectivity index (χ3n) is 3.85. The Balaban J connectivity index is 1.69. The lowest BCUT2D eigenvalue weighted by Gasteiger charge is -2.09. The molecule has 7 heteroatoms. The van der Waals surface area contributed by atoms with Gasteiger partial charge < -0.3 is 15.7 Å². The number of hydrogen-bond donors (Lipinski definition) is 3. The zero-order chi connectivity index (χ0) is 18.9. The van der Waals surface area contributed by atoms with Gasteiger partial charge in [-0.25, -0.2) is 0 Å². The lowest BCUT2D eigenvalue weighted by atomic mass is 10.0. The number of aliphatic carboxylic acids is 1. The summed E-state index contributed by atoms with van der Waals surface area (Å²) < 4.78 is 0. The summed E-state index contributed by atoms with van der Waals surface area (Å²) in [4.78, 5) is 34.6. The smallest absolute Gasteiger partial charge is 0.306 e. The number of carboxylic acids is 1. The third-order valence-corrected chi connectivity index (χ3v) is 4.53. The van der Waals surface area contributed by atoms with E-state index in [0.29, 0.717) is 37.1 Å². The Hall–Kier alpha value is -2.67. The summed E-state index contributed by atoms with van der Waals surface area (Å²) in [5.74, 6) is -1.52. The van der Waals surface area contributed by atoms with Crippen LogP contribution >= 0.6 is 11.3 Å². The molecule has 0 radical (unpaired) electrons. The lowest BCUT2D eigenvalue weighted by molar-refractivity contribution is -0.141. The van der Waals surface area contributed by atoms with Crippen LogP contribution in [0.15, 0.2) is 41.1 Å². The Morgan fingerprint density at radius 2 is 1.88 bits per heavy atom. The van der Waals surface area contributed by atoms with Crippen molar-refractivity contribution < 1.29 is 19.5 Å². The fraction of sp³-hybridized carbons (Fsp3) is 0.316. The summed E-state index contributed by atoms with van der Waals surface area (Å²) in [5.41, 5.74) is 2.22. The lowest BCUT2D eigenvalue weighted by Crippen LogP contribution is -2.25. The van der Waals surface area contributed by atoms with E-state index >= 15 is 0 Å². The highest BCUT2D eigenvalue weighted by atomic mass is 32.1. The van der Waals surface area contributed by atoms with Crippen molar-refractivity contribution in [2.45, 2.75) is 26.2 Å². The van der Waals surface area contributed by atoms with Crippen molar-refractivity contribution in [1.82, 2.24) is 5.32 Å². The quantitative estimate of drug-likeness (QED) is 0.588. The van der Waals surface area contributed by atoms with Crippen molar-refractivity contribution in [3.8, 4) is 0 Å². The number of rotatable bonds is 9. The van der Waals surface area contributed by atoms with Gasteiger partial charge in [-0.05, 0) is 42.0 Å². The number of hydrogen-bond acceptors (Lipinski definition) is 4. The van der Waals surface area contributed by atoms with Gasteiger partial charge in [-0.2, -0.15) is 11.3 Å². The fourth-order valence-electron chi connectivity index (χ4n) is 2.34. The minimum atomic E-state index is -0.825. The monoisotopic (exact) mass is 374 g/mol. The van der Waals surface area contributed by atoms with Crippen molar-refractivity contribution in [3.05, 3.63) is 52.2 Å². The summed E-state index contributed by atoms with van der Waals surface area (Å²) in [6, 6.07) is 8.92. The van der Waals surface area contributed by atoms with Gasteiger partial charge in [0, 0.05) is 29.6 Å². The Bertz CT molecular complexity index is 741. The molecule has 2 amide bonds. The SMILES string of the molecule is CC(Cc1ccc(NC(=O)CCCNC(=O)c2ccsc2)cc1)C(=O)O. The molecule has 1 aromatic heterocycles. The van der Waals surface area contributed by atoms with E-state index < -0.39 is 11.9 Å². The predicted molar refractivity (Wildman–Crippen MR) is 101 cm³/mol. The number of carbonyl (C=O) groups excluding carboxylic acids is 2. The number of carboxylic acid groups (broad SMARTS) is 1. The van der Waals surface area contributed by atoms with Gasteiger partial charge in [-0.1, -0.05) is 19.1 Å². The zero-order valence-corrected chi connectivity index (χ0v) is 15.3. The molecule has 0 spiro atoms. The van der Waals surface area contributed by atoms with Crippen LogP contribution in [0.5, 0.6) is 0 Å². The van der Waals surface area contributed by atoms with Crippen LogP contribution < -0.4 is 10.6 Å².